The first-order chi connectivity index (χ1) is 13.6. The molecule has 2 aromatic carbocycles. The van der Waals surface area contributed by atoms with Crippen molar-refractivity contribution in [3.8, 4) is 6.07 Å². The van der Waals surface area contributed by atoms with Gasteiger partial charge < -0.3 is 10.2 Å². The summed E-state index contributed by atoms with van der Waals surface area (Å²) < 4.78 is 53.2. The molecule has 0 unspecified atom stereocenters. The second-order valence-corrected chi connectivity index (χ2v) is 11.0. The summed E-state index contributed by atoms with van der Waals surface area (Å²) in [7, 11) is -8.28. The van der Waals surface area contributed by atoms with Gasteiger partial charge in [-0.1, -0.05) is 18.2 Å². The molecule has 1 fully saturated rings. The van der Waals surface area contributed by atoms with Crippen molar-refractivity contribution >= 4 is 19.9 Å². The van der Waals surface area contributed by atoms with Gasteiger partial charge in [-0.3, -0.25) is 0 Å². The topological polar surface area (TPSA) is 136 Å². The predicted molar refractivity (Wildman–Crippen MR) is 104 cm³/mol. The molecule has 2 N–H and O–H groups in total. The van der Waals surface area contributed by atoms with E-state index in [4.69, 9.17) is 5.26 Å². The Morgan fingerprint density at radius 1 is 1.14 bits per heavy atom. The van der Waals surface area contributed by atoms with Crippen LogP contribution in [0.2, 0.25) is 0 Å². The summed E-state index contributed by atoms with van der Waals surface area (Å²) >= 11 is 0. The third-order valence-electron chi connectivity index (χ3n) is 5.09. The number of nitriles is 1. The van der Waals surface area contributed by atoms with Crippen LogP contribution in [-0.2, 0) is 19.9 Å². The molecule has 0 spiro atoms. The normalized spacial score (nSPS) is 23.0. The lowest BCUT2D eigenvalue weighted by molar-refractivity contribution is 0.00160. The van der Waals surface area contributed by atoms with Crippen molar-refractivity contribution in [1.29, 1.82) is 5.26 Å². The lowest BCUT2D eigenvalue weighted by Gasteiger charge is -2.26. The first-order valence-corrected chi connectivity index (χ1v) is 11.7. The highest BCUT2D eigenvalue weighted by Gasteiger charge is 2.55. The number of β-amino-alcohol motifs (C(OH)–C–C–N with tert-alkyl or cyclic N) is 1. The molecule has 0 aliphatic carbocycles. The van der Waals surface area contributed by atoms with Crippen LogP contribution in [0.5, 0.6) is 0 Å². The molecular weight excluding hydrogens is 416 g/mol. The molecule has 3 rings (SSSR count). The van der Waals surface area contributed by atoms with Crippen molar-refractivity contribution in [2.24, 2.45) is 0 Å². The van der Waals surface area contributed by atoms with Crippen LogP contribution in [0.4, 0.5) is 0 Å². The average molecular weight is 437 g/mol. The van der Waals surface area contributed by atoms with Gasteiger partial charge in [-0.2, -0.15) is 9.57 Å². The molecule has 154 valence electrons. The molecular formula is C19H20N2O6S2. The molecule has 29 heavy (non-hydrogen) atoms. The zero-order chi connectivity index (χ0) is 21.4. The third kappa shape index (κ3) is 3.68. The van der Waals surface area contributed by atoms with Crippen LogP contribution in [0, 0.1) is 18.3 Å². The van der Waals surface area contributed by atoms with E-state index in [1.807, 2.05) is 6.07 Å². The van der Waals surface area contributed by atoms with Crippen molar-refractivity contribution in [3.05, 3.63) is 59.7 Å². The first-order valence-electron chi connectivity index (χ1n) is 8.69. The molecule has 1 aliphatic heterocycles. The molecule has 1 heterocycles. The number of benzene rings is 2. The Bertz CT molecular complexity index is 1170. The summed E-state index contributed by atoms with van der Waals surface area (Å²) in [6.07, 6.45) is 0. The number of rotatable bonds is 5. The molecule has 8 nitrogen and oxygen atoms in total. The van der Waals surface area contributed by atoms with Crippen molar-refractivity contribution in [3.63, 3.8) is 0 Å². The van der Waals surface area contributed by atoms with E-state index in [2.05, 4.69) is 0 Å². The van der Waals surface area contributed by atoms with E-state index < -0.39 is 50.4 Å². The molecule has 0 saturated carbocycles. The Labute approximate surface area is 169 Å². The molecule has 0 aromatic heterocycles. The van der Waals surface area contributed by atoms with Gasteiger partial charge in [0.15, 0.2) is 9.84 Å². The van der Waals surface area contributed by atoms with Gasteiger partial charge in [0.05, 0.1) is 28.0 Å². The van der Waals surface area contributed by atoms with Gasteiger partial charge in [0.25, 0.3) is 0 Å². The van der Waals surface area contributed by atoms with E-state index in [1.165, 1.54) is 30.3 Å². The second-order valence-electron chi connectivity index (χ2n) is 6.99. The molecule has 2 atom stereocenters. The SMILES string of the molecule is Cc1ccccc1S(=O)(=O)N1C[C@H](S(=O)(=O)c2ccc(C#N)cc2)[C@](O)(CO)C1. The maximum absolute atomic E-state index is 13.1. The smallest absolute Gasteiger partial charge is 0.243 e. The monoisotopic (exact) mass is 436 g/mol. The standard InChI is InChI=1S/C19H20N2O6S2/c1-14-4-2-3-5-17(14)29(26,27)21-11-18(19(23,12-21)13-22)28(24,25)16-8-6-15(10-20)7-9-16/h2-9,18,22-23H,11-13H2,1H3/t18-,19+/m0/s1. The van der Waals surface area contributed by atoms with E-state index in [-0.39, 0.29) is 15.4 Å². The van der Waals surface area contributed by atoms with Gasteiger partial charge in [-0.25, -0.2) is 16.8 Å². The van der Waals surface area contributed by atoms with Crippen LogP contribution < -0.4 is 0 Å². The summed E-state index contributed by atoms with van der Waals surface area (Å²) in [5.41, 5.74) is -1.42. The molecule has 1 saturated heterocycles. The van der Waals surface area contributed by atoms with Crippen LogP contribution in [-0.4, -0.2) is 61.9 Å². The summed E-state index contributed by atoms with van der Waals surface area (Å²) in [5, 5.41) is 27.8. The highest BCUT2D eigenvalue weighted by Crippen LogP contribution is 2.35. The van der Waals surface area contributed by atoms with E-state index in [0.717, 1.165) is 4.31 Å². The first kappa shape index (κ1) is 21.4. The van der Waals surface area contributed by atoms with Gasteiger partial charge in [0.2, 0.25) is 10.0 Å². The molecule has 2 aromatic rings. The van der Waals surface area contributed by atoms with Gasteiger partial charge in [0.1, 0.15) is 10.9 Å². The van der Waals surface area contributed by atoms with Crippen molar-refractivity contribution in [2.45, 2.75) is 27.6 Å². The van der Waals surface area contributed by atoms with E-state index in [0.29, 0.717) is 5.56 Å². The highest BCUT2D eigenvalue weighted by atomic mass is 32.2. The number of sulfonamides is 1. The molecule has 0 amide bonds. The Morgan fingerprint density at radius 2 is 1.76 bits per heavy atom. The summed E-state index contributed by atoms with van der Waals surface area (Å²) in [5.74, 6) is 0. The minimum absolute atomic E-state index is 0.0108. The Morgan fingerprint density at radius 3 is 2.31 bits per heavy atom. The predicted octanol–water partition coefficient (Wildman–Crippen LogP) is 0.437. The molecule has 1 aliphatic rings. The number of hydrogen-bond acceptors (Lipinski definition) is 7. The summed E-state index contributed by atoms with van der Waals surface area (Å²) in [6.45, 7) is -0.366. The van der Waals surface area contributed by atoms with Crippen LogP contribution in [0.25, 0.3) is 0 Å². The maximum Gasteiger partial charge on any atom is 0.243 e. The van der Waals surface area contributed by atoms with Gasteiger partial charge in [0, 0.05) is 13.1 Å². The van der Waals surface area contributed by atoms with Gasteiger partial charge in [-0.15, -0.1) is 0 Å². The van der Waals surface area contributed by atoms with Crippen molar-refractivity contribution in [2.75, 3.05) is 19.7 Å². The van der Waals surface area contributed by atoms with Crippen LogP contribution >= 0.6 is 0 Å². The number of aliphatic hydroxyl groups excluding tert-OH is 1. The van der Waals surface area contributed by atoms with Gasteiger partial charge >= 0.3 is 0 Å². The molecule has 10 heteroatoms. The summed E-state index contributed by atoms with van der Waals surface area (Å²) in [6, 6.07) is 13.2. The average Bonchev–Trinajstić information content (AvgIpc) is 3.08. The van der Waals surface area contributed by atoms with Gasteiger partial charge in [-0.05, 0) is 42.8 Å². The Hall–Kier alpha value is -2.29. The van der Waals surface area contributed by atoms with E-state index in [9.17, 15) is 27.0 Å². The maximum atomic E-state index is 13.1. The Balaban J connectivity index is 2.02. The number of aryl methyl sites for hydroxylation is 1. The lowest BCUT2D eigenvalue weighted by atomic mass is 10.1. The quantitative estimate of drug-likeness (QED) is 0.694. The number of aliphatic hydroxyl groups is 2. The lowest BCUT2D eigenvalue weighted by Crippen LogP contribution is -2.49. The minimum Gasteiger partial charge on any atom is -0.393 e. The van der Waals surface area contributed by atoms with Crippen molar-refractivity contribution in [1.82, 2.24) is 4.31 Å². The van der Waals surface area contributed by atoms with Crippen molar-refractivity contribution < 1.29 is 27.0 Å². The summed E-state index contributed by atoms with van der Waals surface area (Å²) in [4.78, 5) is -0.153. The van der Waals surface area contributed by atoms with Crippen LogP contribution in [0.3, 0.4) is 0 Å². The number of hydrogen-bond donors (Lipinski definition) is 2. The van der Waals surface area contributed by atoms with Crippen LogP contribution in [0.15, 0.2) is 58.3 Å². The zero-order valence-electron chi connectivity index (χ0n) is 15.6. The molecule has 0 bridgehead atoms. The van der Waals surface area contributed by atoms with E-state index >= 15 is 0 Å². The van der Waals surface area contributed by atoms with E-state index in [1.54, 1.807) is 25.1 Å². The largest absolute Gasteiger partial charge is 0.393 e. The fraction of sp³-hybridized carbons (Fsp3) is 0.316. The number of sulfone groups is 1. The third-order valence-corrected chi connectivity index (χ3v) is 9.33. The molecule has 0 radical (unpaired) electrons. The minimum atomic E-state index is -4.19. The van der Waals surface area contributed by atoms with Crippen LogP contribution in [0.1, 0.15) is 11.1 Å². The highest BCUT2D eigenvalue weighted by molar-refractivity contribution is 7.92. The Kier molecular flexibility index (Phi) is 5.55. The fourth-order valence-corrected chi connectivity index (χ4v) is 7.20. The fourth-order valence-electron chi connectivity index (χ4n) is 3.42. The number of nitrogens with zero attached hydrogens (tertiary/aromatic N) is 2. The second kappa shape index (κ2) is 7.51. The zero-order valence-corrected chi connectivity index (χ0v) is 17.2.